The molecule has 0 saturated heterocycles. The van der Waals surface area contributed by atoms with Gasteiger partial charge >= 0.3 is 0 Å². The Labute approximate surface area is 233 Å². The minimum absolute atomic E-state index is 0.0329. The van der Waals surface area contributed by atoms with Crippen LogP contribution in [0.4, 0.5) is 4.39 Å². The Balaban J connectivity index is 1.82. The Kier molecular flexibility index (Phi) is 8.53. The Morgan fingerprint density at radius 2 is 2.00 bits per heavy atom. The molecule has 1 aliphatic carbocycles. The van der Waals surface area contributed by atoms with Crippen LogP contribution >= 0.6 is 11.6 Å². The molecule has 2 aromatic carbocycles. The number of nitriles is 1. The summed E-state index contributed by atoms with van der Waals surface area (Å²) in [5.74, 6) is -0.151. The Morgan fingerprint density at radius 1 is 1.23 bits per heavy atom. The Bertz CT molecular complexity index is 1380. The molecular weight excluding hydrogens is 521 g/mol. The highest BCUT2D eigenvalue weighted by Gasteiger charge is 2.44. The fourth-order valence-corrected chi connectivity index (χ4v) is 5.56. The SMILES string of the molecule is CCOc1cc([C@@H]2C(C#N)=C(N)N(CCOC)C3=C2C(=O)CC(C)(C)C3)cc(Cl)c1OCc1cccc(F)c1. The highest BCUT2D eigenvalue weighted by atomic mass is 35.5. The fraction of sp³-hybridized carbons (Fsp3) is 0.400. The summed E-state index contributed by atoms with van der Waals surface area (Å²) in [6, 6.07) is 11.8. The number of Topliss-reactive ketones (excluding diaryl/α,β-unsaturated/α-hetero) is 1. The van der Waals surface area contributed by atoms with Gasteiger partial charge in [0.1, 0.15) is 18.2 Å². The van der Waals surface area contributed by atoms with Crippen molar-refractivity contribution in [1.29, 1.82) is 5.26 Å². The van der Waals surface area contributed by atoms with E-state index in [1.807, 2.05) is 25.7 Å². The number of ether oxygens (including phenoxy) is 3. The molecule has 0 unspecified atom stereocenters. The minimum atomic E-state index is -0.707. The minimum Gasteiger partial charge on any atom is -0.490 e. The predicted octanol–water partition coefficient (Wildman–Crippen LogP) is 5.84. The largest absolute Gasteiger partial charge is 0.490 e. The van der Waals surface area contributed by atoms with E-state index in [-0.39, 0.29) is 34.2 Å². The van der Waals surface area contributed by atoms with Crippen molar-refractivity contribution in [3.63, 3.8) is 0 Å². The average molecular weight is 554 g/mol. The summed E-state index contributed by atoms with van der Waals surface area (Å²) in [6.45, 7) is 7.13. The summed E-state index contributed by atoms with van der Waals surface area (Å²) in [6.07, 6.45) is 0.967. The van der Waals surface area contributed by atoms with Crippen molar-refractivity contribution in [1.82, 2.24) is 4.90 Å². The average Bonchev–Trinajstić information content (AvgIpc) is 2.86. The molecule has 206 valence electrons. The van der Waals surface area contributed by atoms with E-state index in [1.54, 1.807) is 31.4 Å². The van der Waals surface area contributed by atoms with Crippen molar-refractivity contribution in [3.05, 3.63) is 81.0 Å². The van der Waals surface area contributed by atoms with Crippen LogP contribution in [0.2, 0.25) is 5.02 Å². The molecule has 0 amide bonds. The normalized spacial score (nSPS) is 18.6. The monoisotopic (exact) mass is 553 g/mol. The summed E-state index contributed by atoms with van der Waals surface area (Å²) in [5.41, 5.74) is 9.18. The highest BCUT2D eigenvalue weighted by molar-refractivity contribution is 6.32. The van der Waals surface area contributed by atoms with Crippen LogP contribution < -0.4 is 15.2 Å². The molecule has 0 saturated carbocycles. The van der Waals surface area contributed by atoms with Gasteiger partial charge in [0.2, 0.25) is 0 Å². The Hall–Kier alpha value is -3.54. The van der Waals surface area contributed by atoms with Crippen LogP contribution in [0.3, 0.4) is 0 Å². The lowest BCUT2D eigenvalue weighted by Crippen LogP contribution is -2.43. The maximum Gasteiger partial charge on any atom is 0.180 e. The van der Waals surface area contributed by atoms with Crippen LogP contribution in [-0.4, -0.2) is 37.6 Å². The first-order valence-electron chi connectivity index (χ1n) is 12.9. The van der Waals surface area contributed by atoms with Crippen molar-refractivity contribution in [3.8, 4) is 17.6 Å². The summed E-state index contributed by atoms with van der Waals surface area (Å²) >= 11 is 6.73. The number of hydrogen-bond donors (Lipinski definition) is 1. The number of halogens is 2. The second kappa shape index (κ2) is 11.7. The van der Waals surface area contributed by atoms with Gasteiger partial charge in [0, 0.05) is 31.3 Å². The van der Waals surface area contributed by atoms with Gasteiger partial charge in [0.25, 0.3) is 0 Å². The fourth-order valence-electron chi connectivity index (χ4n) is 5.29. The van der Waals surface area contributed by atoms with Gasteiger partial charge in [-0.2, -0.15) is 5.26 Å². The second-order valence-electron chi connectivity index (χ2n) is 10.5. The molecule has 0 fully saturated rings. The standard InChI is InChI=1S/C30H33ClFN3O4/c1-5-38-25-13-19(12-22(31)28(25)39-17-18-7-6-8-20(32)11-18)26-21(16-33)29(34)35(9-10-37-4)23-14-30(2,3)15-24(36)27(23)26/h6-8,11-13,26H,5,9-10,14-15,17,34H2,1-4H3/t26-/m1/s1. The molecule has 1 heterocycles. The lowest BCUT2D eigenvalue weighted by molar-refractivity contribution is -0.118. The van der Waals surface area contributed by atoms with Gasteiger partial charge in [-0.05, 0) is 54.2 Å². The molecular formula is C30H33ClFN3O4. The molecule has 0 aromatic heterocycles. The second-order valence-corrected chi connectivity index (χ2v) is 10.9. The van der Waals surface area contributed by atoms with E-state index in [4.69, 9.17) is 31.5 Å². The summed E-state index contributed by atoms with van der Waals surface area (Å²) in [5, 5.41) is 10.5. The molecule has 7 nitrogen and oxygen atoms in total. The van der Waals surface area contributed by atoms with Crippen molar-refractivity contribution in [2.45, 2.75) is 46.1 Å². The van der Waals surface area contributed by atoms with Crippen molar-refractivity contribution in [2.24, 2.45) is 11.1 Å². The van der Waals surface area contributed by atoms with Gasteiger partial charge in [-0.3, -0.25) is 4.79 Å². The van der Waals surface area contributed by atoms with Gasteiger partial charge in [-0.15, -0.1) is 0 Å². The van der Waals surface area contributed by atoms with E-state index in [2.05, 4.69) is 6.07 Å². The molecule has 0 radical (unpaired) electrons. The number of methoxy groups -OCH3 is 1. The molecule has 2 aromatic rings. The first kappa shape index (κ1) is 28.5. The van der Waals surface area contributed by atoms with Crippen molar-refractivity contribution < 1.29 is 23.4 Å². The van der Waals surface area contributed by atoms with Crippen LogP contribution in [0.15, 0.2) is 59.1 Å². The summed E-state index contributed by atoms with van der Waals surface area (Å²) in [7, 11) is 1.60. The maximum absolute atomic E-state index is 13.7. The van der Waals surface area contributed by atoms with Gasteiger partial charge in [0.05, 0.1) is 35.8 Å². The van der Waals surface area contributed by atoms with Gasteiger partial charge in [-0.25, -0.2) is 4.39 Å². The van der Waals surface area contributed by atoms with E-state index in [0.29, 0.717) is 66.6 Å². The van der Waals surface area contributed by atoms with Crippen LogP contribution in [0.25, 0.3) is 0 Å². The molecule has 1 atom stereocenters. The zero-order chi connectivity index (χ0) is 28.3. The third-order valence-corrected chi connectivity index (χ3v) is 7.22. The number of nitrogens with two attached hydrogens (primary N) is 1. The van der Waals surface area contributed by atoms with E-state index in [1.165, 1.54) is 12.1 Å². The van der Waals surface area contributed by atoms with E-state index < -0.39 is 5.92 Å². The summed E-state index contributed by atoms with van der Waals surface area (Å²) in [4.78, 5) is 15.5. The van der Waals surface area contributed by atoms with Gasteiger partial charge < -0.3 is 24.8 Å². The van der Waals surface area contributed by atoms with Gasteiger partial charge in [0.15, 0.2) is 17.3 Å². The van der Waals surface area contributed by atoms with E-state index >= 15 is 0 Å². The number of benzene rings is 2. The molecule has 2 aliphatic rings. The molecule has 2 N–H and O–H groups in total. The lowest BCUT2D eigenvalue weighted by atomic mass is 9.68. The van der Waals surface area contributed by atoms with Crippen molar-refractivity contribution in [2.75, 3.05) is 26.9 Å². The number of carbonyl (C=O) groups is 1. The van der Waals surface area contributed by atoms with Gasteiger partial charge in [-0.1, -0.05) is 37.6 Å². The first-order valence-corrected chi connectivity index (χ1v) is 13.2. The van der Waals surface area contributed by atoms with Crippen LogP contribution in [0.5, 0.6) is 11.5 Å². The zero-order valence-electron chi connectivity index (χ0n) is 22.6. The maximum atomic E-state index is 13.7. The Morgan fingerprint density at radius 3 is 2.67 bits per heavy atom. The highest BCUT2D eigenvalue weighted by Crippen LogP contribution is 2.50. The molecule has 0 spiro atoms. The lowest BCUT2D eigenvalue weighted by Gasteiger charge is -2.43. The van der Waals surface area contributed by atoms with E-state index in [0.717, 1.165) is 5.70 Å². The van der Waals surface area contributed by atoms with Crippen LogP contribution in [-0.2, 0) is 16.1 Å². The number of rotatable bonds is 9. The smallest absolute Gasteiger partial charge is 0.180 e. The topological polar surface area (TPSA) is 97.8 Å². The number of ketones is 1. The van der Waals surface area contributed by atoms with Crippen LogP contribution in [0, 0.1) is 22.6 Å². The molecule has 1 aliphatic heterocycles. The molecule has 39 heavy (non-hydrogen) atoms. The van der Waals surface area contributed by atoms with Crippen LogP contribution in [0.1, 0.15) is 50.7 Å². The molecule has 9 heteroatoms. The number of hydrogen-bond acceptors (Lipinski definition) is 7. The number of carbonyl (C=O) groups excluding carboxylic acids is 1. The zero-order valence-corrected chi connectivity index (χ0v) is 23.4. The van der Waals surface area contributed by atoms with Crippen molar-refractivity contribution >= 4 is 17.4 Å². The third-order valence-electron chi connectivity index (χ3n) is 6.94. The van der Waals surface area contributed by atoms with E-state index in [9.17, 15) is 14.4 Å². The third kappa shape index (κ3) is 5.90. The number of allylic oxidation sites excluding steroid dienone is 3. The quantitative estimate of drug-likeness (QED) is 0.416. The first-order chi connectivity index (χ1) is 18.6. The predicted molar refractivity (Wildman–Crippen MR) is 147 cm³/mol. The molecule has 0 bridgehead atoms. The number of nitrogens with zero attached hydrogens (tertiary/aromatic N) is 2. The summed E-state index contributed by atoms with van der Waals surface area (Å²) < 4.78 is 30.8. The molecule has 4 rings (SSSR count).